The van der Waals surface area contributed by atoms with Crippen molar-refractivity contribution in [2.24, 2.45) is 0 Å². The van der Waals surface area contributed by atoms with Crippen molar-refractivity contribution in [3.63, 3.8) is 0 Å². The van der Waals surface area contributed by atoms with Crippen molar-refractivity contribution in [2.75, 3.05) is 63.7 Å². The summed E-state index contributed by atoms with van der Waals surface area (Å²) in [5.74, 6) is 1.43. The minimum absolute atomic E-state index is 0.198. The van der Waals surface area contributed by atoms with E-state index in [0.717, 1.165) is 51.4 Å². The summed E-state index contributed by atoms with van der Waals surface area (Å²) in [6, 6.07) is 12.6. The predicted molar refractivity (Wildman–Crippen MR) is 121 cm³/mol. The van der Waals surface area contributed by atoms with Gasteiger partial charge in [-0.25, -0.2) is 4.39 Å². The maximum absolute atomic E-state index is 13.1. The average molecular weight is 442 g/mol. The summed E-state index contributed by atoms with van der Waals surface area (Å²) in [5, 5.41) is 7.25. The standard InChI is InChI=1S/C23H28FN5O3/c1-30-20-6-3-5-19(21(20)31-2)22-26-23(32-27-22)25-11-4-12-28-13-15-29(16-14-28)18-9-7-17(24)8-10-18/h3,5-10H,4,11-16H2,1-2H3,(H,25,26,27). The Bertz CT molecular complexity index is 1000. The third kappa shape index (κ3) is 5.11. The van der Waals surface area contributed by atoms with Crippen molar-refractivity contribution in [2.45, 2.75) is 6.42 Å². The van der Waals surface area contributed by atoms with Crippen LogP contribution in [0, 0.1) is 5.82 Å². The van der Waals surface area contributed by atoms with Crippen molar-refractivity contribution in [1.82, 2.24) is 15.0 Å². The van der Waals surface area contributed by atoms with Gasteiger partial charge in [0.2, 0.25) is 5.82 Å². The fourth-order valence-corrected chi connectivity index (χ4v) is 3.85. The van der Waals surface area contributed by atoms with Crippen LogP contribution in [0.5, 0.6) is 11.5 Å². The number of nitrogens with zero attached hydrogens (tertiary/aromatic N) is 4. The van der Waals surface area contributed by atoms with Crippen LogP contribution in [0.4, 0.5) is 16.1 Å². The molecular formula is C23H28FN5O3. The van der Waals surface area contributed by atoms with Gasteiger partial charge in [0.1, 0.15) is 5.82 Å². The molecule has 1 aliphatic heterocycles. The van der Waals surface area contributed by atoms with Crippen LogP contribution >= 0.6 is 0 Å². The molecule has 0 spiro atoms. The molecule has 1 saturated heterocycles. The SMILES string of the molecule is COc1cccc(-c2noc(NCCCN3CCN(c4ccc(F)cc4)CC3)n2)c1OC. The van der Waals surface area contributed by atoms with E-state index >= 15 is 0 Å². The highest BCUT2D eigenvalue weighted by molar-refractivity contribution is 5.68. The first-order valence-corrected chi connectivity index (χ1v) is 10.7. The van der Waals surface area contributed by atoms with Gasteiger partial charge in [-0.1, -0.05) is 11.2 Å². The summed E-state index contributed by atoms with van der Waals surface area (Å²) in [6.07, 6.45) is 0.955. The molecule has 170 valence electrons. The van der Waals surface area contributed by atoms with E-state index in [-0.39, 0.29) is 5.82 Å². The Labute approximate surface area is 186 Å². The molecule has 2 aromatic carbocycles. The van der Waals surface area contributed by atoms with Gasteiger partial charge in [-0.3, -0.25) is 4.90 Å². The van der Waals surface area contributed by atoms with E-state index in [9.17, 15) is 4.39 Å². The quantitative estimate of drug-likeness (QED) is 0.506. The molecule has 0 aliphatic carbocycles. The van der Waals surface area contributed by atoms with Gasteiger partial charge in [0.05, 0.1) is 19.8 Å². The molecule has 4 rings (SSSR count). The van der Waals surface area contributed by atoms with Crippen LogP contribution in [-0.4, -0.2) is 68.5 Å². The van der Waals surface area contributed by atoms with Gasteiger partial charge in [-0.05, 0) is 49.4 Å². The number of halogens is 1. The first-order valence-electron chi connectivity index (χ1n) is 10.7. The lowest BCUT2D eigenvalue weighted by atomic mass is 10.2. The number of anilines is 2. The van der Waals surface area contributed by atoms with Crippen molar-refractivity contribution < 1.29 is 18.4 Å². The molecule has 0 bridgehead atoms. The summed E-state index contributed by atoms with van der Waals surface area (Å²) < 4.78 is 29.2. The molecular weight excluding hydrogens is 413 g/mol. The smallest absolute Gasteiger partial charge is 0.321 e. The summed E-state index contributed by atoms with van der Waals surface area (Å²) in [7, 11) is 3.17. The molecule has 0 atom stereocenters. The lowest BCUT2D eigenvalue weighted by Gasteiger charge is -2.36. The Morgan fingerprint density at radius 3 is 2.53 bits per heavy atom. The highest BCUT2D eigenvalue weighted by atomic mass is 19.1. The molecule has 0 saturated carbocycles. The zero-order valence-electron chi connectivity index (χ0n) is 18.4. The Kier molecular flexibility index (Phi) is 7.06. The van der Waals surface area contributed by atoms with E-state index in [4.69, 9.17) is 14.0 Å². The molecule has 1 N–H and O–H groups in total. The van der Waals surface area contributed by atoms with Crippen LogP contribution in [0.15, 0.2) is 47.0 Å². The van der Waals surface area contributed by atoms with E-state index in [0.29, 0.717) is 28.9 Å². The van der Waals surface area contributed by atoms with Crippen LogP contribution in [0.2, 0.25) is 0 Å². The zero-order chi connectivity index (χ0) is 22.3. The molecule has 3 aromatic rings. The van der Waals surface area contributed by atoms with Gasteiger partial charge in [0.25, 0.3) is 0 Å². The number of methoxy groups -OCH3 is 2. The Hall–Kier alpha value is -3.33. The molecule has 8 nitrogen and oxygen atoms in total. The largest absolute Gasteiger partial charge is 0.493 e. The topological polar surface area (TPSA) is 75.9 Å². The van der Waals surface area contributed by atoms with Crippen LogP contribution in [0.1, 0.15) is 6.42 Å². The van der Waals surface area contributed by atoms with Gasteiger partial charge in [0, 0.05) is 38.4 Å². The fourth-order valence-electron chi connectivity index (χ4n) is 3.85. The number of benzene rings is 2. The second-order valence-electron chi connectivity index (χ2n) is 7.55. The molecule has 32 heavy (non-hydrogen) atoms. The molecule has 1 fully saturated rings. The minimum Gasteiger partial charge on any atom is -0.493 e. The lowest BCUT2D eigenvalue weighted by Crippen LogP contribution is -2.46. The van der Waals surface area contributed by atoms with E-state index < -0.39 is 0 Å². The highest BCUT2D eigenvalue weighted by Gasteiger charge is 2.18. The van der Waals surface area contributed by atoms with E-state index in [1.807, 2.05) is 30.3 Å². The van der Waals surface area contributed by atoms with Crippen molar-refractivity contribution >= 4 is 11.7 Å². The van der Waals surface area contributed by atoms with Gasteiger partial charge in [-0.2, -0.15) is 4.98 Å². The van der Waals surface area contributed by atoms with Gasteiger partial charge >= 0.3 is 6.01 Å². The molecule has 0 radical (unpaired) electrons. The Morgan fingerprint density at radius 2 is 1.81 bits per heavy atom. The summed E-state index contributed by atoms with van der Waals surface area (Å²) in [6.45, 7) is 5.56. The number of hydrogen-bond donors (Lipinski definition) is 1. The number of ether oxygens (including phenoxy) is 2. The lowest BCUT2D eigenvalue weighted by molar-refractivity contribution is 0.257. The van der Waals surface area contributed by atoms with E-state index in [2.05, 4.69) is 25.3 Å². The molecule has 1 aromatic heterocycles. The predicted octanol–water partition coefficient (Wildman–Crippen LogP) is 3.52. The van der Waals surface area contributed by atoms with Crippen molar-refractivity contribution in [3.8, 4) is 22.9 Å². The third-order valence-electron chi connectivity index (χ3n) is 5.56. The molecule has 0 amide bonds. The fraction of sp³-hybridized carbons (Fsp3) is 0.391. The van der Waals surface area contributed by atoms with Gasteiger partial charge in [-0.15, -0.1) is 0 Å². The number of nitrogens with one attached hydrogen (secondary N) is 1. The number of hydrogen-bond acceptors (Lipinski definition) is 8. The van der Waals surface area contributed by atoms with Crippen LogP contribution in [-0.2, 0) is 0 Å². The molecule has 1 aliphatic rings. The molecule has 9 heteroatoms. The first-order chi connectivity index (χ1) is 15.7. The molecule has 2 heterocycles. The average Bonchev–Trinajstić information content (AvgIpc) is 3.31. The number of aromatic nitrogens is 2. The minimum atomic E-state index is -0.198. The van der Waals surface area contributed by atoms with Crippen molar-refractivity contribution in [3.05, 3.63) is 48.3 Å². The maximum Gasteiger partial charge on any atom is 0.321 e. The number of piperazine rings is 1. The second-order valence-corrected chi connectivity index (χ2v) is 7.55. The van der Waals surface area contributed by atoms with E-state index in [1.54, 1.807) is 14.2 Å². The third-order valence-corrected chi connectivity index (χ3v) is 5.56. The maximum atomic E-state index is 13.1. The van der Waals surface area contributed by atoms with E-state index in [1.165, 1.54) is 12.1 Å². The number of para-hydroxylation sites is 1. The summed E-state index contributed by atoms with van der Waals surface area (Å²) in [4.78, 5) is 9.15. The molecule has 0 unspecified atom stereocenters. The van der Waals surface area contributed by atoms with Crippen molar-refractivity contribution in [1.29, 1.82) is 0 Å². The normalized spacial score (nSPS) is 14.4. The van der Waals surface area contributed by atoms with Crippen LogP contribution in [0.3, 0.4) is 0 Å². The summed E-state index contributed by atoms with van der Waals surface area (Å²) >= 11 is 0. The Balaban J connectivity index is 1.22. The van der Waals surface area contributed by atoms with Gasteiger partial charge < -0.3 is 24.2 Å². The number of rotatable bonds is 9. The monoisotopic (exact) mass is 441 g/mol. The Morgan fingerprint density at radius 1 is 1.03 bits per heavy atom. The van der Waals surface area contributed by atoms with Gasteiger partial charge in [0.15, 0.2) is 11.5 Å². The van der Waals surface area contributed by atoms with Crippen LogP contribution < -0.4 is 19.7 Å². The first kappa shape index (κ1) is 21.9. The van der Waals surface area contributed by atoms with Crippen LogP contribution in [0.25, 0.3) is 11.4 Å². The zero-order valence-corrected chi connectivity index (χ0v) is 18.4. The summed E-state index contributed by atoms with van der Waals surface area (Å²) in [5.41, 5.74) is 1.79. The highest BCUT2D eigenvalue weighted by Crippen LogP contribution is 2.36. The second kappa shape index (κ2) is 10.3.